The Morgan fingerprint density at radius 2 is 1.73 bits per heavy atom. The minimum atomic E-state index is -0.349. The first-order valence-electron chi connectivity index (χ1n) is 5.58. The van der Waals surface area contributed by atoms with Crippen molar-refractivity contribution in [2.75, 3.05) is 13.1 Å². The number of carbonyl (C=O) groups is 2. The van der Waals surface area contributed by atoms with Crippen LogP contribution in [-0.2, 0) is 4.79 Å². The quantitative estimate of drug-likeness (QED) is 0.769. The van der Waals surface area contributed by atoms with E-state index in [1.165, 1.54) is 6.92 Å². The Bertz CT molecular complexity index is 245. The minimum absolute atomic E-state index is 0.0255. The van der Waals surface area contributed by atoms with Gasteiger partial charge in [-0.3, -0.25) is 4.79 Å². The van der Waals surface area contributed by atoms with Crippen LogP contribution in [0.15, 0.2) is 0 Å². The number of hydrogen-bond donors (Lipinski definition) is 1. The van der Waals surface area contributed by atoms with Crippen molar-refractivity contribution in [2.24, 2.45) is 5.92 Å². The number of ketones is 1. The maximum atomic E-state index is 11.7. The fourth-order valence-electron chi connectivity index (χ4n) is 1.88. The summed E-state index contributed by atoms with van der Waals surface area (Å²) < 4.78 is 0. The zero-order chi connectivity index (χ0) is 11.4. The van der Waals surface area contributed by atoms with Crippen molar-refractivity contribution in [1.82, 2.24) is 10.2 Å². The van der Waals surface area contributed by atoms with Gasteiger partial charge in [0.2, 0.25) is 0 Å². The van der Waals surface area contributed by atoms with Crippen LogP contribution in [0.5, 0.6) is 0 Å². The van der Waals surface area contributed by atoms with Crippen molar-refractivity contribution in [2.45, 2.75) is 39.7 Å². The van der Waals surface area contributed by atoms with E-state index in [1.807, 2.05) is 13.8 Å². The molecule has 4 nitrogen and oxygen atoms in total. The molecule has 0 aliphatic carbocycles. The van der Waals surface area contributed by atoms with Crippen molar-refractivity contribution in [3.63, 3.8) is 0 Å². The predicted octanol–water partition coefficient (Wildman–Crippen LogP) is 1.41. The van der Waals surface area contributed by atoms with E-state index in [4.69, 9.17) is 0 Å². The molecule has 0 aromatic carbocycles. The summed E-state index contributed by atoms with van der Waals surface area (Å²) in [6.45, 7) is 7.03. The van der Waals surface area contributed by atoms with Crippen molar-refractivity contribution in [3.8, 4) is 0 Å². The zero-order valence-electron chi connectivity index (χ0n) is 9.75. The number of urea groups is 1. The van der Waals surface area contributed by atoms with E-state index in [-0.39, 0.29) is 23.8 Å². The molecule has 1 fully saturated rings. The predicted molar refractivity (Wildman–Crippen MR) is 58.6 cm³/mol. The molecule has 15 heavy (non-hydrogen) atoms. The molecule has 0 radical (unpaired) electrons. The van der Waals surface area contributed by atoms with Crippen LogP contribution >= 0.6 is 0 Å². The van der Waals surface area contributed by atoms with Crippen LogP contribution in [0.4, 0.5) is 4.79 Å². The Kier molecular flexibility index (Phi) is 4.12. The zero-order valence-corrected chi connectivity index (χ0v) is 9.75. The largest absolute Gasteiger partial charge is 0.328 e. The molecule has 0 aromatic heterocycles. The molecule has 86 valence electrons. The molecule has 2 amide bonds. The second-order valence-electron chi connectivity index (χ2n) is 4.48. The summed E-state index contributed by atoms with van der Waals surface area (Å²) in [6.07, 6.45) is 2.14. The number of Topliss-reactive ketones (excluding diaryl/α,β-unsaturated/α-hetero) is 1. The summed E-state index contributed by atoms with van der Waals surface area (Å²) in [5, 5.41) is 2.80. The maximum absolute atomic E-state index is 11.7. The molecule has 1 atom stereocenters. The van der Waals surface area contributed by atoms with E-state index in [1.54, 1.807) is 4.90 Å². The van der Waals surface area contributed by atoms with Gasteiger partial charge < -0.3 is 10.2 Å². The number of nitrogens with zero attached hydrogens (tertiary/aromatic N) is 1. The Labute approximate surface area is 91.0 Å². The molecule has 1 unspecified atom stereocenters. The lowest BCUT2D eigenvalue weighted by Crippen LogP contribution is -2.48. The fourth-order valence-corrected chi connectivity index (χ4v) is 1.88. The van der Waals surface area contributed by atoms with E-state index in [0.29, 0.717) is 0 Å². The van der Waals surface area contributed by atoms with Crippen LogP contribution in [-0.4, -0.2) is 35.8 Å². The molecule has 0 saturated carbocycles. The van der Waals surface area contributed by atoms with Gasteiger partial charge in [-0.05, 0) is 25.7 Å². The van der Waals surface area contributed by atoms with Gasteiger partial charge in [0.1, 0.15) is 0 Å². The summed E-state index contributed by atoms with van der Waals surface area (Å²) in [5.41, 5.74) is 0. The topological polar surface area (TPSA) is 49.4 Å². The summed E-state index contributed by atoms with van der Waals surface area (Å²) in [5.74, 6) is 0.173. The van der Waals surface area contributed by atoms with E-state index in [2.05, 4.69) is 5.32 Å². The molecule has 0 spiro atoms. The Balaban J connectivity index is 2.50. The number of rotatable bonds is 3. The highest BCUT2D eigenvalue weighted by Gasteiger charge is 2.24. The second kappa shape index (κ2) is 5.14. The standard InChI is InChI=1S/C11H20N2O2/c1-8(2)10(9(3)14)12-11(15)13-6-4-5-7-13/h8,10H,4-7H2,1-3H3,(H,12,15). The SMILES string of the molecule is CC(=O)C(NC(=O)N1CCCC1)C(C)C. The Hall–Kier alpha value is -1.06. The lowest BCUT2D eigenvalue weighted by molar-refractivity contribution is -0.119. The highest BCUT2D eigenvalue weighted by atomic mass is 16.2. The Morgan fingerprint density at radius 3 is 2.13 bits per heavy atom. The van der Waals surface area contributed by atoms with Crippen LogP contribution in [0.3, 0.4) is 0 Å². The van der Waals surface area contributed by atoms with Gasteiger partial charge in [0.25, 0.3) is 0 Å². The van der Waals surface area contributed by atoms with Gasteiger partial charge in [-0.25, -0.2) is 4.79 Å². The van der Waals surface area contributed by atoms with Gasteiger partial charge in [-0.15, -0.1) is 0 Å². The van der Waals surface area contributed by atoms with Crippen LogP contribution in [0.2, 0.25) is 0 Å². The summed E-state index contributed by atoms with van der Waals surface area (Å²) in [7, 11) is 0. The molecule has 1 saturated heterocycles. The number of likely N-dealkylation sites (tertiary alicyclic amines) is 1. The first kappa shape index (κ1) is 12.0. The normalized spacial score (nSPS) is 18.0. The third-order valence-corrected chi connectivity index (χ3v) is 2.78. The van der Waals surface area contributed by atoms with E-state index >= 15 is 0 Å². The number of nitrogens with one attached hydrogen (secondary N) is 1. The third-order valence-electron chi connectivity index (χ3n) is 2.78. The molecule has 0 bridgehead atoms. The molecule has 1 N–H and O–H groups in total. The monoisotopic (exact) mass is 212 g/mol. The van der Waals surface area contributed by atoms with Crippen LogP contribution in [0.25, 0.3) is 0 Å². The van der Waals surface area contributed by atoms with Crippen molar-refractivity contribution in [3.05, 3.63) is 0 Å². The van der Waals surface area contributed by atoms with Gasteiger partial charge in [0.05, 0.1) is 6.04 Å². The van der Waals surface area contributed by atoms with Gasteiger partial charge in [-0.2, -0.15) is 0 Å². The highest BCUT2D eigenvalue weighted by molar-refractivity contribution is 5.87. The third kappa shape index (κ3) is 3.22. The highest BCUT2D eigenvalue weighted by Crippen LogP contribution is 2.09. The number of amides is 2. The van der Waals surface area contributed by atoms with Crippen molar-refractivity contribution < 1.29 is 9.59 Å². The average Bonchev–Trinajstić information content (AvgIpc) is 2.65. The summed E-state index contributed by atoms with van der Waals surface area (Å²) >= 11 is 0. The van der Waals surface area contributed by atoms with E-state index < -0.39 is 0 Å². The fraction of sp³-hybridized carbons (Fsp3) is 0.818. The minimum Gasteiger partial charge on any atom is -0.328 e. The van der Waals surface area contributed by atoms with Gasteiger partial charge >= 0.3 is 6.03 Å². The first-order chi connectivity index (χ1) is 7.02. The molecule has 1 aliphatic heterocycles. The van der Waals surface area contributed by atoms with E-state index in [0.717, 1.165) is 25.9 Å². The molecular weight excluding hydrogens is 192 g/mol. The van der Waals surface area contributed by atoms with Gasteiger partial charge in [-0.1, -0.05) is 13.8 Å². The molecule has 0 aromatic rings. The van der Waals surface area contributed by atoms with Crippen LogP contribution in [0.1, 0.15) is 33.6 Å². The number of carbonyl (C=O) groups excluding carboxylic acids is 2. The first-order valence-corrected chi connectivity index (χ1v) is 5.58. The number of hydrogen-bond acceptors (Lipinski definition) is 2. The Morgan fingerprint density at radius 1 is 1.20 bits per heavy atom. The van der Waals surface area contributed by atoms with Crippen molar-refractivity contribution in [1.29, 1.82) is 0 Å². The summed E-state index contributed by atoms with van der Waals surface area (Å²) in [4.78, 5) is 24.8. The molecule has 1 rings (SSSR count). The smallest absolute Gasteiger partial charge is 0.317 e. The lowest BCUT2D eigenvalue weighted by Gasteiger charge is -2.23. The molecule has 1 aliphatic rings. The molecule has 1 heterocycles. The second-order valence-corrected chi connectivity index (χ2v) is 4.48. The van der Waals surface area contributed by atoms with Crippen LogP contribution in [0, 0.1) is 5.92 Å². The summed E-state index contributed by atoms with van der Waals surface area (Å²) in [6, 6.07) is -0.445. The lowest BCUT2D eigenvalue weighted by atomic mass is 10.0. The molecular formula is C11H20N2O2. The molecule has 4 heteroatoms. The maximum Gasteiger partial charge on any atom is 0.317 e. The van der Waals surface area contributed by atoms with Crippen molar-refractivity contribution >= 4 is 11.8 Å². The average molecular weight is 212 g/mol. The van der Waals surface area contributed by atoms with E-state index in [9.17, 15) is 9.59 Å². The van der Waals surface area contributed by atoms with Gasteiger partial charge in [0, 0.05) is 13.1 Å². The van der Waals surface area contributed by atoms with Crippen LogP contribution < -0.4 is 5.32 Å². The van der Waals surface area contributed by atoms with Gasteiger partial charge in [0.15, 0.2) is 5.78 Å².